The maximum Gasteiger partial charge on any atom is 0.245 e. The van der Waals surface area contributed by atoms with E-state index < -0.39 is 0 Å². The van der Waals surface area contributed by atoms with E-state index >= 15 is 0 Å². The Bertz CT molecular complexity index is 587. The Morgan fingerprint density at radius 1 is 1.25 bits per heavy atom. The zero-order valence-corrected chi connectivity index (χ0v) is 11.6. The number of phenolic OH excluding ortho intramolecular Hbond substituents is 1. The third kappa shape index (κ3) is 2.60. The Morgan fingerprint density at radius 3 is 3.00 bits per heavy atom. The maximum atomic E-state index is 9.46. The summed E-state index contributed by atoms with van der Waals surface area (Å²) in [5, 5.41) is 20.1. The van der Waals surface area contributed by atoms with Gasteiger partial charge in [-0.05, 0) is 43.7 Å². The molecule has 1 aliphatic rings. The molecule has 1 aromatic carbocycles. The van der Waals surface area contributed by atoms with Crippen LogP contribution in [0.15, 0.2) is 18.2 Å². The van der Waals surface area contributed by atoms with Gasteiger partial charge >= 0.3 is 0 Å². The normalized spacial score (nSPS) is 16.1. The number of aromatic hydroxyl groups is 1. The fourth-order valence-electron chi connectivity index (χ4n) is 2.47. The number of nitrogens with zero attached hydrogens (tertiary/aromatic N) is 3. The molecule has 20 heavy (non-hydrogen) atoms. The topological polar surface area (TPSA) is 77.1 Å². The Kier molecular flexibility index (Phi) is 3.56. The van der Waals surface area contributed by atoms with E-state index in [4.69, 9.17) is 0 Å². The number of anilines is 1. The van der Waals surface area contributed by atoms with Crippen molar-refractivity contribution >= 4 is 5.95 Å². The average molecular weight is 273 g/mol. The second-order valence-electron chi connectivity index (χ2n) is 5.07. The van der Waals surface area contributed by atoms with Gasteiger partial charge in [0.05, 0.1) is 0 Å². The van der Waals surface area contributed by atoms with E-state index in [1.54, 1.807) is 12.1 Å². The summed E-state index contributed by atoms with van der Waals surface area (Å²) in [5.74, 6) is 1.76. The smallest absolute Gasteiger partial charge is 0.245 e. The van der Waals surface area contributed by atoms with Crippen LogP contribution in [0.5, 0.6) is 5.75 Å². The number of hydrogen-bond donors (Lipinski definition) is 3. The predicted octanol–water partition coefficient (Wildman–Crippen LogP) is 1.29. The van der Waals surface area contributed by atoms with Crippen molar-refractivity contribution in [1.29, 1.82) is 0 Å². The molecular weight excluding hydrogens is 254 g/mol. The summed E-state index contributed by atoms with van der Waals surface area (Å²) in [6.45, 7) is 5.85. The van der Waals surface area contributed by atoms with Crippen molar-refractivity contribution in [3.05, 3.63) is 23.8 Å². The molecular formula is C14H19N5O. The highest BCUT2D eigenvalue weighted by Gasteiger charge is 2.15. The summed E-state index contributed by atoms with van der Waals surface area (Å²) >= 11 is 0. The Balaban J connectivity index is 1.85. The number of rotatable bonds is 2. The lowest BCUT2D eigenvalue weighted by atomic mass is 10.1. The number of aromatic nitrogens is 3. The molecule has 2 heterocycles. The van der Waals surface area contributed by atoms with Crippen LogP contribution in [0, 0.1) is 6.92 Å². The third-order valence-corrected chi connectivity index (χ3v) is 3.56. The van der Waals surface area contributed by atoms with Crippen LogP contribution in [0.3, 0.4) is 0 Å². The van der Waals surface area contributed by atoms with Crippen molar-refractivity contribution in [2.24, 2.45) is 0 Å². The van der Waals surface area contributed by atoms with Crippen LogP contribution >= 0.6 is 0 Å². The summed E-state index contributed by atoms with van der Waals surface area (Å²) in [7, 11) is 0. The van der Waals surface area contributed by atoms with Crippen molar-refractivity contribution in [1.82, 2.24) is 20.5 Å². The molecule has 0 saturated carbocycles. The molecule has 106 valence electrons. The zero-order valence-electron chi connectivity index (χ0n) is 11.6. The number of phenols is 1. The average Bonchev–Trinajstić information content (AvgIpc) is 2.74. The Hall–Kier alpha value is -2.08. The molecule has 3 rings (SSSR count). The first kappa shape index (κ1) is 12.9. The largest absolute Gasteiger partial charge is 0.508 e. The van der Waals surface area contributed by atoms with Crippen LogP contribution < -0.4 is 10.2 Å². The van der Waals surface area contributed by atoms with Gasteiger partial charge in [-0.2, -0.15) is 4.98 Å². The second kappa shape index (κ2) is 5.50. The van der Waals surface area contributed by atoms with Crippen molar-refractivity contribution < 1.29 is 5.11 Å². The van der Waals surface area contributed by atoms with Crippen LogP contribution in [-0.4, -0.2) is 46.5 Å². The fraction of sp³-hybridized carbons (Fsp3) is 0.429. The number of H-pyrrole nitrogens is 1. The zero-order chi connectivity index (χ0) is 13.9. The van der Waals surface area contributed by atoms with Gasteiger partial charge in [0.2, 0.25) is 5.95 Å². The summed E-state index contributed by atoms with van der Waals surface area (Å²) in [6.07, 6.45) is 1.10. The fourth-order valence-corrected chi connectivity index (χ4v) is 2.47. The number of aryl methyl sites for hydroxylation is 1. The quantitative estimate of drug-likeness (QED) is 0.768. The molecule has 0 spiro atoms. The monoisotopic (exact) mass is 273 g/mol. The predicted molar refractivity (Wildman–Crippen MR) is 77.9 cm³/mol. The second-order valence-corrected chi connectivity index (χ2v) is 5.07. The molecule has 1 saturated heterocycles. The molecule has 0 bridgehead atoms. The number of benzene rings is 1. The summed E-state index contributed by atoms with van der Waals surface area (Å²) in [5.41, 5.74) is 1.94. The minimum absolute atomic E-state index is 0.268. The van der Waals surface area contributed by atoms with Gasteiger partial charge < -0.3 is 15.3 Å². The lowest BCUT2D eigenvalue weighted by molar-refractivity contribution is 0.475. The van der Waals surface area contributed by atoms with E-state index in [1.807, 2.05) is 13.0 Å². The van der Waals surface area contributed by atoms with E-state index in [1.165, 1.54) is 0 Å². The van der Waals surface area contributed by atoms with Crippen LogP contribution in [0.25, 0.3) is 11.4 Å². The van der Waals surface area contributed by atoms with E-state index in [2.05, 4.69) is 25.4 Å². The van der Waals surface area contributed by atoms with Gasteiger partial charge in [-0.15, -0.1) is 5.10 Å². The van der Waals surface area contributed by atoms with Crippen LogP contribution in [0.2, 0.25) is 0 Å². The van der Waals surface area contributed by atoms with Crippen LogP contribution in [0.4, 0.5) is 5.95 Å². The summed E-state index contributed by atoms with van der Waals surface area (Å²) in [4.78, 5) is 6.78. The highest BCUT2D eigenvalue weighted by atomic mass is 16.3. The first-order valence-electron chi connectivity index (χ1n) is 6.92. The number of aromatic amines is 1. The van der Waals surface area contributed by atoms with Gasteiger partial charge in [0.25, 0.3) is 0 Å². The minimum atomic E-state index is 0.268. The first-order chi connectivity index (χ1) is 9.74. The van der Waals surface area contributed by atoms with Gasteiger partial charge in [0.15, 0.2) is 5.82 Å². The molecule has 0 amide bonds. The SMILES string of the molecule is Cc1cc(O)ccc1-c1nc(N2CCCNCC2)n[nH]1. The van der Waals surface area contributed by atoms with Crippen molar-refractivity contribution in [3.8, 4) is 17.1 Å². The van der Waals surface area contributed by atoms with E-state index in [-0.39, 0.29) is 5.75 Å². The van der Waals surface area contributed by atoms with Crippen molar-refractivity contribution in [2.45, 2.75) is 13.3 Å². The summed E-state index contributed by atoms with van der Waals surface area (Å²) < 4.78 is 0. The molecule has 0 aliphatic carbocycles. The molecule has 6 heteroatoms. The van der Waals surface area contributed by atoms with E-state index in [9.17, 15) is 5.11 Å². The molecule has 0 unspecified atom stereocenters. The van der Waals surface area contributed by atoms with Gasteiger partial charge in [-0.3, -0.25) is 5.10 Å². The van der Waals surface area contributed by atoms with E-state index in [0.29, 0.717) is 0 Å². The first-order valence-corrected chi connectivity index (χ1v) is 6.92. The van der Waals surface area contributed by atoms with Crippen molar-refractivity contribution in [3.63, 3.8) is 0 Å². The molecule has 6 nitrogen and oxygen atoms in total. The Labute approximate surface area is 117 Å². The van der Waals surface area contributed by atoms with E-state index in [0.717, 1.165) is 55.5 Å². The molecule has 1 fully saturated rings. The highest BCUT2D eigenvalue weighted by molar-refractivity contribution is 5.62. The minimum Gasteiger partial charge on any atom is -0.508 e. The molecule has 3 N–H and O–H groups in total. The van der Waals surface area contributed by atoms with Crippen LogP contribution in [0.1, 0.15) is 12.0 Å². The summed E-state index contributed by atoms with van der Waals surface area (Å²) in [6, 6.07) is 5.26. The van der Waals surface area contributed by atoms with Crippen molar-refractivity contribution in [2.75, 3.05) is 31.1 Å². The maximum absolute atomic E-state index is 9.46. The number of hydrogen-bond acceptors (Lipinski definition) is 5. The highest BCUT2D eigenvalue weighted by Crippen LogP contribution is 2.24. The van der Waals surface area contributed by atoms with Gasteiger partial charge in [0, 0.05) is 25.2 Å². The lowest BCUT2D eigenvalue weighted by Gasteiger charge is -2.16. The third-order valence-electron chi connectivity index (χ3n) is 3.56. The lowest BCUT2D eigenvalue weighted by Crippen LogP contribution is -2.28. The van der Waals surface area contributed by atoms with Gasteiger partial charge in [0.1, 0.15) is 5.75 Å². The molecule has 1 aliphatic heterocycles. The Morgan fingerprint density at radius 2 is 2.15 bits per heavy atom. The standard InChI is InChI=1S/C14H19N5O/c1-10-9-11(20)3-4-12(10)13-16-14(18-17-13)19-7-2-5-15-6-8-19/h3-4,9,15,20H,2,5-8H2,1H3,(H,16,17,18). The molecule has 1 aromatic heterocycles. The number of nitrogens with one attached hydrogen (secondary N) is 2. The van der Waals surface area contributed by atoms with Gasteiger partial charge in [-0.25, -0.2) is 0 Å². The molecule has 0 atom stereocenters. The van der Waals surface area contributed by atoms with Crippen LogP contribution in [-0.2, 0) is 0 Å². The van der Waals surface area contributed by atoms with Gasteiger partial charge in [-0.1, -0.05) is 0 Å². The molecule has 0 radical (unpaired) electrons. The molecule has 2 aromatic rings.